The second-order valence-corrected chi connectivity index (χ2v) is 8.43. The van der Waals surface area contributed by atoms with E-state index in [0.29, 0.717) is 17.9 Å². The molecule has 4 rings (SSSR count). The minimum Gasteiger partial charge on any atom is -0.493 e. The van der Waals surface area contributed by atoms with Gasteiger partial charge in [-0.25, -0.2) is 9.80 Å². The topological polar surface area (TPSA) is 121 Å². The molecule has 0 N–H and O–H groups in total. The van der Waals surface area contributed by atoms with E-state index in [0.717, 1.165) is 22.2 Å². The van der Waals surface area contributed by atoms with Crippen LogP contribution in [0.4, 0.5) is 5.69 Å². The van der Waals surface area contributed by atoms with Gasteiger partial charge in [-0.3, -0.25) is 14.9 Å². The summed E-state index contributed by atoms with van der Waals surface area (Å²) < 4.78 is 15.9. The van der Waals surface area contributed by atoms with Crippen LogP contribution < -0.4 is 9.47 Å². The first-order valence-corrected chi connectivity index (χ1v) is 11.4. The Labute approximate surface area is 204 Å². The molecule has 11 heteroatoms. The van der Waals surface area contributed by atoms with Gasteiger partial charge in [-0.05, 0) is 35.2 Å². The van der Waals surface area contributed by atoms with Gasteiger partial charge in [-0.1, -0.05) is 18.2 Å². The molecule has 1 aliphatic rings. The SMILES string of the molecule is COc1ccc(C2CC(c3cccs3)=NN2C(=O)COC(=O)c2cccc([N+](=O)[O-])c2)cc1OC. The van der Waals surface area contributed by atoms with Gasteiger partial charge < -0.3 is 14.2 Å². The number of nitro benzene ring substituents is 1. The van der Waals surface area contributed by atoms with Crippen molar-refractivity contribution < 1.29 is 28.7 Å². The van der Waals surface area contributed by atoms with Crippen LogP contribution in [0, 0.1) is 10.1 Å². The zero-order valence-corrected chi connectivity index (χ0v) is 19.7. The average molecular weight is 496 g/mol. The van der Waals surface area contributed by atoms with Crippen LogP contribution in [0.15, 0.2) is 65.1 Å². The van der Waals surface area contributed by atoms with E-state index in [9.17, 15) is 19.7 Å². The largest absolute Gasteiger partial charge is 0.493 e. The molecular formula is C24H21N3O7S. The highest BCUT2D eigenvalue weighted by Gasteiger charge is 2.34. The summed E-state index contributed by atoms with van der Waals surface area (Å²) in [4.78, 5) is 36.8. The molecule has 0 aliphatic carbocycles. The molecule has 2 aromatic carbocycles. The number of hydrogen-bond donors (Lipinski definition) is 0. The average Bonchev–Trinajstić information content (AvgIpc) is 3.57. The Hall–Kier alpha value is -4.25. The summed E-state index contributed by atoms with van der Waals surface area (Å²) in [5, 5.41) is 18.7. The van der Waals surface area contributed by atoms with Crippen molar-refractivity contribution in [3.63, 3.8) is 0 Å². The van der Waals surface area contributed by atoms with E-state index in [2.05, 4.69) is 5.10 Å². The number of benzene rings is 2. The number of esters is 1. The quantitative estimate of drug-likeness (QED) is 0.261. The van der Waals surface area contributed by atoms with E-state index < -0.39 is 29.4 Å². The van der Waals surface area contributed by atoms with Gasteiger partial charge in [0.05, 0.1) is 41.3 Å². The number of hydrazone groups is 1. The van der Waals surface area contributed by atoms with Crippen LogP contribution in [0.5, 0.6) is 11.5 Å². The Morgan fingerprint density at radius 2 is 1.91 bits per heavy atom. The number of amides is 1. The third-order valence-corrected chi connectivity index (χ3v) is 6.30. The van der Waals surface area contributed by atoms with E-state index in [1.807, 2.05) is 23.6 Å². The van der Waals surface area contributed by atoms with Crippen molar-refractivity contribution >= 4 is 34.6 Å². The number of rotatable bonds is 8. The number of nitro groups is 1. The lowest BCUT2D eigenvalue weighted by Crippen LogP contribution is -2.31. The normalized spacial score (nSPS) is 14.9. The number of carbonyl (C=O) groups is 2. The van der Waals surface area contributed by atoms with Crippen molar-refractivity contribution in [1.82, 2.24) is 5.01 Å². The Bertz CT molecular complexity index is 1290. The summed E-state index contributed by atoms with van der Waals surface area (Å²) in [5.41, 5.74) is 1.24. The van der Waals surface area contributed by atoms with Crippen LogP contribution in [-0.2, 0) is 9.53 Å². The van der Waals surface area contributed by atoms with Gasteiger partial charge in [-0.2, -0.15) is 5.10 Å². The molecule has 0 spiro atoms. The summed E-state index contributed by atoms with van der Waals surface area (Å²) in [7, 11) is 3.07. The fraction of sp³-hybridized carbons (Fsp3) is 0.208. The summed E-state index contributed by atoms with van der Waals surface area (Å²) in [6.07, 6.45) is 0.459. The summed E-state index contributed by atoms with van der Waals surface area (Å²) in [6.45, 7) is -0.577. The summed E-state index contributed by atoms with van der Waals surface area (Å²) in [6, 6.07) is 13.9. The Balaban J connectivity index is 1.55. The maximum Gasteiger partial charge on any atom is 0.338 e. The minimum absolute atomic E-state index is 0.0207. The Morgan fingerprint density at radius 3 is 2.60 bits per heavy atom. The van der Waals surface area contributed by atoms with Crippen LogP contribution in [0.25, 0.3) is 0 Å². The lowest BCUT2D eigenvalue weighted by molar-refractivity contribution is -0.384. The van der Waals surface area contributed by atoms with E-state index in [1.165, 1.54) is 48.8 Å². The second-order valence-electron chi connectivity index (χ2n) is 7.48. The van der Waals surface area contributed by atoms with Gasteiger partial charge >= 0.3 is 5.97 Å². The number of ether oxygens (including phenoxy) is 3. The molecule has 10 nitrogen and oxygen atoms in total. The zero-order chi connectivity index (χ0) is 24.9. The molecule has 35 heavy (non-hydrogen) atoms. The van der Waals surface area contributed by atoms with Crippen molar-refractivity contribution in [2.75, 3.05) is 20.8 Å². The molecule has 1 aromatic heterocycles. The lowest BCUT2D eigenvalue weighted by Gasteiger charge is -2.22. The third kappa shape index (κ3) is 5.14. The third-order valence-electron chi connectivity index (χ3n) is 5.38. The standard InChI is InChI=1S/C24H21N3O7S/c1-32-20-9-8-15(12-21(20)33-2)19-13-18(22-7-4-10-35-22)25-26(19)23(28)14-34-24(29)16-5-3-6-17(11-16)27(30)31/h3-12,19H,13-14H2,1-2H3. The maximum absolute atomic E-state index is 13.1. The summed E-state index contributed by atoms with van der Waals surface area (Å²) in [5.74, 6) is -0.307. The highest BCUT2D eigenvalue weighted by atomic mass is 32.1. The summed E-state index contributed by atoms with van der Waals surface area (Å²) >= 11 is 1.51. The van der Waals surface area contributed by atoms with E-state index in [4.69, 9.17) is 14.2 Å². The van der Waals surface area contributed by atoms with Crippen molar-refractivity contribution in [3.05, 3.63) is 86.1 Å². The van der Waals surface area contributed by atoms with E-state index in [1.54, 1.807) is 12.1 Å². The molecule has 1 aliphatic heterocycles. The van der Waals surface area contributed by atoms with Gasteiger partial charge in [-0.15, -0.1) is 11.3 Å². The predicted octanol–water partition coefficient (Wildman–Crippen LogP) is 4.21. The van der Waals surface area contributed by atoms with Crippen molar-refractivity contribution in [1.29, 1.82) is 0 Å². The van der Waals surface area contributed by atoms with Crippen LogP contribution in [0.1, 0.15) is 33.3 Å². The van der Waals surface area contributed by atoms with Crippen LogP contribution in [0.2, 0.25) is 0 Å². The molecule has 1 atom stereocenters. The second kappa shape index (κ2) is 10.3. The first-order chi connectivity index (χ1) is 16.9. The number of nitrogens with zero attached hydrogens (tertiary/aromatic N) is 3. The number of methoxy groups -OCH3 is 2. The molecule has 1 amide bonds. The van der Waals surface area contributed by atoms with Gasteiger partial charge in [0.15, 0.2) is 18.1 Å². The minimum atomic E-state index is -0.841. The number of thiophene rings is 1. The van der Waals surface area contributed by atoms with E-state index in [-0.39, 0.29) is 11.3 Å². The molecule has 0 saturated carbocycles. The first kappa shape index (κ1) is 23.9. The fourth-order valence-electron chi connectivity index (χ4n) is 3.67. The van der Waals surface area contributed by atoms with Crippen molar-refractivity contribution in [2.45, 2.75) is 12.5 Å². The van der Waals surface area contributed by atoms with Gasteiger partial charge in [0, 0.05) is 18.6 Å². The molecule has 0 fully saturated rings. The molecule has 0 bridgehead atoms. The van der Waals surface area contributed by atoms with Gasteiger partial charge in [0.1, 0.15) is 0 Å². The molecule has 0 saturated heterocycles. The van der Waals surface area contributed by atoms with Crippen LogP contribution >= 0.6 is 11.3 Å². The molecule has 0 radical (unpaired) electrons. The van der Waals surface area contributed by atoms with E-state index >= 15 is 0 Å². The van der Waals surface area contributed by atoms with Crippen LogP contribution in [-0.4, -0.2) is 48.3 Å². The highest BCUT2D eigenvalue weighted by molar-refractivity contribution is 7.12. The lowest BCUT2D eigenvalue weighted by atomic mass is 10.0. The molecule has 180 valence electrons. The van der Waals surface area contributed by atoms with Crippen LogP contribution in [0.3, 0.4) is 0 Å². The molecular weight excluding hydrogens is 474 g/mol. The fourth-order valence-corrected chi connectivity index (χ4v) is 4.40. The molecule has 2 heterocycles. The Morgan fingerprint density at radius 1 is 1.11 bits per heavy atom. The highest BCUT2D eigenvalue weighted by Crippen LogP contribution is 2.37. The van der Waals surface area contributed by atoms with Crippen molar-refractivity contribution in [3.8, 4) is 11.5 Å². The van der Waals surface area contributed by atoms with Gasteiger partial charge in [0.2, 0.25) is 0 Å². The first-order valence-electron chi connectivity index (χ1n) is 10.5. The zero-order valence-electron chi connectivity index (χ0n) is 18.9. The number of hydrogen-bond acceptors (Lipinski definition) is 9. The Kier molecular flexibility index (Phi) is 7.06. The molecule has 3 aromatic rings. The maximum atomic E-state index is 13.1. The smallest absolute Gasteiger partial charge is 0.338 e. The number of carbonyl (C=O) groups excluding carboxylic acids is 2. The van der Waals surface area contributed by atoms with Gasteiger partial charge in [0.25, 0.3) is 11.6 Å². The van der Waals surface area contributed by atoms with Crippen molar-refractivity contribution in [2.24, 2.45) is 5.10 Å². The monoisotopic (exact) mass is 495 g/mol. The number of non-ortho nitro benzene ring substituents is 1. The molecule has 1 unspecified atom stereocenters. The predicted molar refractivity (Wildman–Crippen MR) is 128 cm³/mol.